The molecule has 0 spiro atoms. The standard InChI is InChI=1S/C14H23N5O2S2/c1-9(2)6-15-13-17-18-14(23-13)22-8-12(21)19(3)7-11(20)16-10-4-5-10/h9-10H,4-8H2,1-3H3,(H,15,17)(H,16,20). The molecule has 9 heteroatoms. The van der Waals surface area contributed by atoms with E-state index in [1.807, 2.05) is 0 Å². The first-order chi connectivity index (χ1) is 10.9. The summed E-state index contributed by atoms with van der Waals surface area (Å²) in [6.45, 7) is 5.19. The first kappa shape index (κ1) is 18.0. The molecule has 0 aromatic carbocycles. The minimum Gasteiger partial charge on any atom is -0.360 e. The van der Waals surface area contributed by atoms with Gasteiger partial charge in [-0.1, -0.05) is 36.9 Å². The molecule has 0 unspecified atom stereocenters. The van der Waals surface area contributed by atoms with Crippen LogP contribution < -0.4 is 10.6 Å². The van der Waals surface area contributed by atoms with E-state index in [1.54, 1.807) is 7.05 Å². The minimum atomic E-state index is -0.0931. The highest BCUT2D eigenvalue weighted by atomic mass is 32.2. The molecule has 0 bridgehead atoms. The third-order valence-electron chi connectivity index (χ3n) is 3.14. The Morgan fingerprint density at radius 1 is 1.39 bits per heavy atom. The smallest absolute Gasteiger partial charge is 0.239 e. The van der Waals surface area contributed by atoms with E-state index in [0.29, 0.717) is 12.0 Å². The van der Waals surface area contributed by atoms with Crippen LogP contribution in [0.4, 0.5) is 5.13 Å². The van der Waals surface area contributed by atoms with Gasteiger partial charge in [-0.25, -0.2) is 0 Å². The second kappa shape index (κ2) is 8.49. The van der Waals surface area contributed by atoms with Gasteiger partial charge in [-0.3, -0.25) is 9.59 Å². The van der Waals surface area contributed by atoms with Gasteiger partial charge in [0, 0.05) is 19.6 Å². The van der Waals surface area contributed by atoms with E-state index in [4.69, 9.17) is 0 Å². The summed E-state index contributed by atoms with van der Waals surface area (Å²) in [5, 5.41) is 14.9. The molecule has 1 aromatic rings. The first-order valence-corrected chi connectivity index (χ1v) is 9.47. The van der Waals surface area contributed by atoms with Gasteiger partial charge in [-0.05, 0) is 18.8 Å². The number of hydrogen-bond donors (Lipinski definition) is 2. The summed E-state index contributed by atoms with van der Waals surface area (Å²) in [5.41, 5.74) is 0. The molecule has 2 rings (SSSR count). The molecule has 1 saturated carbocycles. The SMILES string of the molecule is CC(C)CNc1nnc(SCC(=O)N(C)CC(=O)NC2CC2)s1. The highest BCUT2D eigenvalue weighted by Crippen LogP contribution is 2.25. The van der Waals surface area contributed by atoms with Crippen molar-refractivity contribution in [2.24, 2.45) is 5.92 Å². The van der Waals surface area contributed by atoms with E-state index in [0.717, 1.165) is 28.9 Å². The number of hydrogen-bond acceptors (Lipinski definition) is 7. The van der Waals surface area contributed by atoms with Gasteiger partial charge in [0.25, 0.3) is 0 Å². The maximum atomic E-state index is 12.0. The van der Waals surface area contributed by atoms with Crippen molar-refractivity contribution in [2.45, 2.75) is 37.1 Å². The van der Waals surface area contributed by atoms with Gasteiger partial charge < -0.3 is 15.5 Å². The molecule has 1 fully saturated rings. The van der Waals surface area contributed by atoms with Gasteiger partial charge in [0.05, 0.1) is 12.3 Å². The van der Waals surface area contributed by atoms with Crippen molar-refractivity contribution in [3.05, 3.63) is 0 Å². The molecule has 0 atom stereocenters. The number of likely N-dealkylation sites (N-methyl/N-ethyl adjacent to an activating group) is 1. The van der Waals surface area contributed by atoms with Crippen LogP contribution in [0.1, 0.15) is 26.7 Å². The molecular formula is C14H23N5O2S2. The Morgan fingerprint density at radius 3 is 2.78 bits per heavy atom. The molecule has 1 heterocycles. The Labute approximate surface area is 144 Å². The number of rotatable bonds is 9. The number of nitrogens with zero attached hydrogens (tertiary/aromatic N) is 3. The van der Waals surface area contributed by atoms with Gasteiger partial charge in [-0.2, -0.15) is 0 Å². The van der Waals surface area contributed by atoms with E-state index < -0.39 is 0 Å². The Kier molecular flexibility index (Phi) is 6.64. The summed E-state index contributed by atoms with van der Waals surface area (Å²) >= 11 is 2.79. The Bertz CT molecular complexity index is 545. The van der Waals surface area contributed by atoms with Gasteiger partial charge in [0.1, 0.15) is 0 Å². The summed E-state index contributed by atoms with van der Waals surface area (Å²) < 4.78 is 0.750. The number of anilines is 1. The maximum Gasteiger partial charge on any atom is 0.239 e. The topological polar surface area (TPSA) is 87.2 Å². The van der Waals surface area contributed by atoms with Crippen molar-refractivity contribution in [1.82, 2.24) is 20.4 Å². The number of carbonyl (C=O) groups is 2. The predicted molar refractivity (Wildman–Crippen MR) is 92.8 cm³/mol. The number of aromatic nitrogens is 2. The van der Waals surface area contributed by atoms with Crippen LogP contribution in [-0.4, -0.2) is 58.8 Å². The Morgan fingerprint density at radius 2 is 2.13 bits per heavy atom. The maximum absolute atomic E-state index is 12.0. The zero-order valence-electron chi connectivity index (χ0n) is 13.7. The lowest BCUT2D eigenvalue weighted by atomic mass is 10.2. The number of amides is 2. The van der Waals surface area contributed by atoms with Crippen molar-refractivity contribution in [3.63, 3.8) is 0 Å². The second-order valence-electron chi connectivity index (χ2n) is 6.03. The third-order valence-corrected chi connectivity index (χ3v) is 5.14. The van der Waals surface area contributed by atoms with Gasteiger partial charge in [0.15, 0.2) is 4.34 Å². The number of carbonyl (C=O) groups excluding carboxylic acids is 2. The van der Waals surface area contributed by atoms with Crippen molar-refractivity contribution >= 4 is 40.0 Å². The monoisotopic (exact) mass is 357 g/mol. The molecule has 1 aromatic heterocycles. The second-order valence-corrected chi connectivity index (χ2v) is 8.23. The van der Waals surface area contributed by atoms with E-state index in [2.05, 4.69) is 34.7 Å². The summed E-state index contributed by atoms with van der Waals surface area (Å²) in [7, 11) is 1.64. The fourth-order valence-electron chi connectivity index (χ4n) is 1.67. The molecule has 1 aliphatic rings. The van der Waals surface area contributed by atoms with Crippen molar-refractivity contribution in [1.29, 1.82) is 0 Å². The highest BCUT2D eigenvalue weighted by Gasteiger charge is 2.24. The van der Waals surface area contributed by atoms with Gasteiger partial charge in [-0.15, -0.1) is 10.2 Å². The summed E-state index contributed by atoms with van der Waals surface area (Å²) in [4.78, 5) is 25.2. The van der Waals surface area contributed by atoms with Crippen LogP contribution in [0.15, 0.2) is 4.34 Å². The third kappa shape index (κ3) is 6.74. The molecule has 2 N–H and O–H groups in total. The van der Waals surface area contributed by atoms with E-state index in [1.165, 1.54) is 28.0 Å². The fourth-order valence-corrected chi connectivity index (χ4v) is 3.37. The predicted octanol–water partition coefficient (Wildman–Crippen LogP) is 1.44. The number of thioether (sulfide) groups is 1. The molecule has 1 aliphatic carbocycles. The molecule has 7 nitrogen and oxygen atoms in total. The number of nitrogens with one attached hydrogen (secondary N) is 2. The van der Waals surface area contributed by atoms with Crippen LogP contribution in [0.2, 0.25) is 0 Å². The van der Waals surface area contributed by atoms with Crippen LogP contribution >= 0.6 is 23.1 Å². The molecule has 23 heavy (non-hydrogen) atoms. The fraction of sp³-hybridized carbons (Fsp3) is 0.714. The van der Waals surface area contributed by atoms with Crippen molar-refractivity contribution in [2.75, 3.05) is 31.2 Å². The summed E-state index contributed by atoms with van der Waals surface area (Å²) in [6, 6.07) is 0.318. The molecule has 0 radical (unpaired) electrons. The molecule has 128 valence electrons. The highest BCUT2D eigenvalue weighted by molar-refractivity contribution is 8.01. The van der Waals surface area contributed by atoms with E-state index in [-0.39, 0.29) is 24.1 Å². The Hall–Kier alpha value is -1.35. The Balaban J connectivity index is 1.69. The summed E-state index contributed by atoms with van der Waals surface area (Å²) in [6.07, 6.45) is 2.09. The van der Waals surface area contributed by atoms with Crippen LogP contribution in [0.25, 0.3) is 0 Å². The lowest BCUT2D eigenvalue weighted by molar-refractivity contribution is -0.132. The zero-order valence-corrected chi connectivity index (χ0v) is 15.3. The van der Waals surface area contributed by atoms with E-state index >= 15 is 0 Å². The summed E-state index contributed by atoms with van der Waals surface area (Å²) in [5.74, 6) is 0.607. The first-order valence-electron chi connectivity index (χ1n) is 7.67. The zero-order chi connectivity index (χ0) is 16.8. The van der Waals surface area contributed by atoms with Crippen LogP contribution in [0.3, 0.4) is 0 Å². The molecule has 2 amide bonds. The lowest BCUT2D eigenvalue weighted by Gasteiger charge is -2.16. The van der Waals surface area contributed by atoms with Crippen molar-refractivity contribution < 1.29 is 9.59 Å². The van der Waals surface area contributed by atoms with Crippen molar-refractivity contribution in [3.8, 4) is 0 Å². The molecular weight excluding hydrogens is 334 g/mol. The quantitative estimate of drug-likeness (QED) is 0.650. The van der Waals surface area contributed by atoms with Gasteiger partial charge >= 0.3 is 0 Å². The van der Waals surface area contributed by atoms with Crippen LogP contribution in [-0.2, 0) is 9.59 Å². The van der Waals surface area contributed by atoms with Crippen LogP contribution in [0, 0.1) is 5.92 Å². The van der Waals surface area contributed by atoms with E-state index in [9.17, 15) is 9.59 Å². The van der Waals surface area contributed by atoms with Gasteiger partial charge in [0.2, 0.25) is 16.9 Å². The lowest BCUT2D eigenvalue weighted by Crippen LogP contribution is -2.39. The minimum absolute atomic E-state index is 0.0900. The van der Waals surface area contributed by atoms with Crippen LogP contribution in [0.5, 0.6) is 0 Å². The molecule has 0 saturated heterocycles. The molecule has 0 aliphatic heterocycles. The normalized spacial score (nSPS) is 13.9. The largest absolute Gasteiger partial charge is 0.360 e. The average molecular weight is 358 g/mol. The average Bonchev–Trinajstić information content (AvgIpc) is 3.17.